The minimum Gasteiger partial charge on any atom is -0.550 e. The van der Waals surface area contributed by atoms with Crippen LogP contribution in [0.1, 0.15) is 48.5 Å². The standard InChI is InChI=1S/3C3H8O.C2H4O2.Ti/c3*1-3(2)4;1-2(3)4;/h3*3-4H,1-2H3;1H3,(H,3,4);/p-1. The van der Waals surface area contributed by atoms with Crippen LogP contribution in [-0.4, -0.2) is 39.6 Å². The Morgan fingerprint density at radius 1 is 0.824 bits per heavy atom. The van der Waals surface area contributed by atoms with E-state index in [9.17, 15) is 0 Å². The molecule has 0 saturated heterocycles. The second-order valence-corrected chi connectivity index (χ2v) is 3.77. The van der Waals surface area contributed by atoms with Crippen LogP contribution >= 0.6 is 0 Å². The zero-order valence-electron chi connectivity index (χ0n) is 11.9. The van der Waals surface area contributed by atoms with Crippen molar-refractivity contribution >= 4 is 5.97 Å². The van der Waals surface area contributed by atoms with Gasteiger partial charge in [0.15, 0.2) is 0 Å². The van der Waals surface area contributed by atoms with Crippen molar-refractivity contribution in [3.05, 3.63) is 0 Å². The van der Waals surface area contributed by atoms with E-state index < -0.39 is 5.97 Å². The van der Waals surface area contributed by atoms with Gasteiger partial charge in [0, 0.05) is 46.0 Å². The first-order chi connectivity index (χ1) is 6.93. The molecule has 0 rings (SSSR count). The molecule has 0 fully saturated rings. The molecule has 0 bridgehead atoms. The number of aliphatic hydroxyl groups excluding tert-OH is 3. The molecule has 106 valence electrons. The van der Waals surface area contributed by atoms with Crippen molar-refractivity contribution in [3.8, 4) is 0 Å². The maximum Gasteiger partial charge on any atom is 0.0483 e. The van der Waals surface area contributed by atoms with E-state index in [1.165, 1.54) is 0 Å². The first-order valence-electron chi connectivity index (χ1n) is 5.15. The van der Waals surface area contributed by atoms with Gasteiger partial charge in [0.05, 0.1) is 0 Å². The number of hydrogen-bond acceptors (Lipinski definition) is 5. The Morgan fingerprint density at radius 2 is 0.824 bits per heavy atom. The molecule has 0 aromatic carbocycles. The van der Waals surface area contributed by atoms with E-state index in [4.69, 9.17) is 25.2 Å². The summed E-state index contributed by atoms with van der Waals surface area (Å²) in [5.41, 5.74) is 0. The number of carboxylic acid groups (broad SMARTS) is 1. The first kappa shape index (κ1) is 30.3. The minimum absolute atomic E-state index is 0. The predicted molar refractivity (Wildman–Crippen MR) is 62.7 cm³/mol. The van der Waals surface area contributed by atoms with Gasteiger partial charge in [-0.3, -0.25) is 0 Å². The Labute approximate surface area is 120 Å². The van der Waals surface area contributed by atoms with Gasteiger partial charge in [-0.25, -0.2) is 0 Å². The van der Waals surface area contributed by atoms with Gasteiger partial charge in [-0.15, -0.1) is 0 Å². The maximum absolute atomic E-state index is 8.89. The van der Waals surface area contributed by atoms with Gasteiger partial charge < -0.3 is 25.2 Å². The fraction of sp³-hybridized carbons (Fsp3) is 0.909. The molecule has 0 spiro atoms. The number of rotatable bonds is 0. The predicted octanol–water partition coefficient (Wildman–Crippen LogP) is -0.0850. The van der Waals surface area contributed by atoms with Crippen LogP contribution in [0.25, 0.3) is 0 Å². The number of carbonyl (C=O) groups excluding carboxylic acids is 1. The van der Waals surface area contributed by atoms with Gasteiger partial charge in [0.1, 0.15) is 0 Å². The average molecular weight is 287 g/mol. The molecule has 0 amide bonds. The molecular weight excluding hydrogens is 260 g/mol. The van der Waals surface area contributed by atoms with E-state index >= 15 is 0 Å². The summed E-state index contributed by atoms with van der Waals surface area (Å²) in [5, 5.41) is 33.1. The van der Waals surface area contributed by atoms with Gasteiger partial charge in [-0.2, -0.15) is 0 Å². The van der Waals surface area contributed by atoms with Gasteiger partial charge >= 0.3 is 0 Å². The van der Waals surface area contributed by atoms with Crippen molar-refractivity contribution in [2.45, 2.75) is 66.8 Å². The van der Waals surface area contributed by atoms with Crippen LogP contribution in [0.15, 0.2) is 0 Å². The monoisotopic (exact) mass is 287 g/mol. The first-order valence-corrected chi connectivity index (χ1v) is 5.15. The summed E-state index contributed by atoms with van der Waals surface area (Å²) in [6, 6.07) is 0. The third kappa shape index (κ3) is 769000. The largest absolute Gasteiger partial charge is 0.550 e. The van der Waals surface area contributed by atoms with Crippen LogP contribution in [0.4, 0.5) is 0 Å². The van der Waals surface area contributed by atoms with Crippen molar-refractivity contribution in [3.63, 3.8) is 0 Å². The SMILES string of the molecule is CC(=O)[O-].CC(C)O.CC(C)O.CC(C)O.[Ti]. The quantitative estimate of drug-likeness (QED) is 0.541. The Morgan fingerprint density at radius 3 is 0.824 bits per heavy atom. The van der Waals surface area contributed by atoms with E-state index in [2.05, 4.69) is 0 Å². The zero-order chi connectivity index (χ0) is 14.3. The molecule has 6 heteroatoms. The fourth-order valence-electron chi connectivity index (χ4n) is 0. The number of hydrogen-bond donors (Lipinski definition) is 3. The molecule has 0 aliphatic heterocycles. The fourth-order valence-corrected chi connectivity index (χ4v) is 0. The van der Waals surface area contributed by atoms with Crippen molar-refractivity contribution < 1.29 is 46.9 Å². The molecule has 0 atom stereocenters. The van der Waals surface area contributed by atoms with Gasteiger partial charge in [0.25, 0.3) is 0 Å². The Balaban J connectivity index is -0.0000000369. The molecule has 0 radical (unpaired) electrons. The number of aliphatic hydroxyl groups is 3. The van der Waals surface area contributed by atoms with Gasteiger partial charge in [-0.1, -0.05) is 0 Å². The molecule has 0 aliphatic carbocycles. The molecule has 0 aliphatic rings. The minimum atomic E-state index is -1.08. The van der Waals surface area contributed by atoms with Crippen molar-refractivity contribution in [2.24, 2.45) is 0 Å². The Bertz CT molecular complexity index is 101. The summed E-state index contributed by atoms with van der Waals surface area (Å²) in [6.45, 7) is 11.3. The van der Waals surface area contributed by atoms with Gasteiger partial charge in [-0.05, 0) is 48.5 Å². The van der Waals surface area contributed by atoms with E-state index in [0.717, 1.165) is 6.92 Å². The topological polar surface area (TPSA) is 101 Å². The van der Waals surface area contributed by atoms with Crippen LogP contribution in [0, 0.1) is 0 Å². The molecule has 0 unspecified atom stereocenters. The summed E-state index contributed by atoms with van der Waals surface area (Å²) in [5.74, 6) is -1.08. The van der Waals surface area contributed by atoms with Crippen LogP contribution < -0.4 is 5.11 Å². The molecule has 0 aromatic heterocycles. The summed E-state index contributed by atoms with van der Waals surface area (Å²) in [7, 11) is 0. The summed E-state index contributed by atoms with van der Waals surface area (Å²) >= 11 is 0. The molecule has 3 N–H and O–H groups in total. The third-order valence-electron chi connectivity index (χ3n) is 0. The normalized spacial score (nSPS) is 7.82. The number of aliphatic carboxylic acids is 1. The molecule has 17 heavy (non-hydrogen) atoms. The summed E-state index contributed by atoms with van der Waals surface area (Å²) < 4.78 is 0. The second kappa shape index (κ2) is 25.0. The Kier molecular flexibility index (Phi) is 44.6. The number of carboxylic acids is 1. The van der Waals surface area contributed by atoms with Crippen LogP contribution in [0.2, 0.25) is 0 Å². The summed E-state index contributed by atoms with van der Waals surface area (Å²) in [6.07, 6.45) is -0.500. The molecule has 0 heterocycles. The summed E-state index contributed by atoms with van der Waals surface area (Å²) in [4.78, 5) is 8.89. The van der Waals surface area contributed by atoms with Crippen molar-refractivity contribution in [2.75, 3.05) is 0 Å². The Hall–Kier alpha value is 0.0643. The zero-order valence-corrected chi connectivity index (χ0v) is 13.5. The van der Waals surface area contributed by atoms with E-state index in [0.29, 0.717) is 0 Å². The van der Waals surface area contributed by atoms with Crippen LogP contribution in [0.5, 0.6) is 0 Å². The van der Waals surface area contributed by atoms with Crippen LogP contribution in [-0.2, 0) is 26.5 Å². The van der Waals surface area contributed by atoms with E-state index in [-0.39, 0.29) is 40.0 Å². The average Bonchev–Trinajstić information content (AvgIpc) is 1.76. The third-order valence-corrected chi connectivity index (χ3v) is 0. The van der Waals surface area contributed by atoms with Crippen molar-refractivity contribution in [1.82, 2.24) is 0 Å². The van der Waals surface area contributed by atoms with Crippen LogP contribution in [0.3, 0.4) is 0 Å². The second-order valence-electron chi connectivity index (χ2n) is 3.77. The van der Waals surface area contributed by atoms with Crippen molar-refractivity contribution in [1.29, 1.82) is 0 Å². The maximum atomic E-state index is 8.89. The number of carbonyl (C=O) groups is 1. The molecule has 0 aromatic rings. The molecule has 5 nitrogen and oxygen atoms in total. The smallest absolute Gasteiger partial charge is 0.0483 e. The molecule has 0 saturated carbocycles. The van der Waals surface area contributed by atoms with Gasteiger partial charge in [0.2, 0.25) is 0 Å². The van der Waals surface area contributed by atoms with E-state index in [1.54, 1.807) is 41.5 Å². The van der Waals surface area contributed by atoms with E-state index in [1.807, 2.05) is 0 Å². The molecular formula is C11H27O5Ti-.